The summed E-state index contributed by atoms with van der Waals surface area (Å²) < 4.78 is 1.86. The molecule has 1 aromatic rings. The average molecular weight is 208 g/mol. The van der Waals surface area contributed by atoms with E-state index < -0.39 is 6.10 Å². The van der Waals surface area contributed by atoms with Crippen molar-refractivity contribution in [2.24, 2.45) is 0 Å². The second-order valence-electron chi connectivity index (χ2n) is 4.04. The molecule has 1 atom stereocenters. The summed E-state index contributed by atoms with van der Waals surface area (Å²) in [6, 6.07) is 1.95. The van der Waals surface area contributed by atoms with E-state index in [9.17, 15) is 5.11 Å². The molecule has 1 unspecified atom stereocenters. The maximum absolute atomic E-state index is 9.99. The minimum absolute atomic E-state index is 0.428. The van der Waals surface area contributed by atoms with Gasteiger partial charge < -0.3 is 5.11 Å². The number of aromatic nitrogens is 2. The lowest BCUT2D eigenvalue weighted by molar-refractivity contribution is 0.157. The first kappa shape index (κ1) is 12.0. The average Bonchev–Trinajstić information content (AvgIpc) is 2.56. The Kier molecular flexibility index (Phi) is 4.09. The highest BCUT2D eigenvalue weighted by molar-refractivity contribution is 5.12. The minimum Gasteiger partial charge on any atom is -0.387 e. The molecule has 1 aromatic heterocycles. The molecule has 0 aliphatic carbocycles. The number of aliphatic hydroxyl groups excluding tert-OH is 1. The van der Waals surface area contributed by atoms with Crippen LogP contribution in [0.25, 0.3) is 0 Å². The fourth-order valence-corrected chi connectivity index (χ4v) is 1.62. The van der Waals surface area contributed by atoms with Crippen molar-refractivity contribution in [3.8, 4) is 0 Å². The Hall–Kier alpha value is -1.09. The molecule has 1 N–H and O–H groups in total. The van der Waals surface area contributed by atoms with Crippen molar-refractivity contribution >= 4 is 0 Å². The van der Waals surface area contributed by atoms with E-state index in [0.717, 1.165) is 36.3 Å². The highest BCUT2D eigenvalue weighted by Crippen LogP contribution is 2.20. The number of hydrogen-bond donors (Lipinski definition) is 1. The second-order valence-corrected chi connectivity index (χ2v) is 4.04. The van der Waals surface area contributed by atoms with Gasteiger partial charge in [0.05, 0.1) is 17.5 Å². The van der Waals surface area contributed by atoms with Gasteiger partial charge in [0.1, 0.15) is 0 Å². The molecule has 0 amide bonds. The van der Waals surface area contributed by atoms with Crippen molar-refractivity contribution in [3.05, 3.63) is 29.6 Å². The van der Waals surface area contributed by atoms with Crippen LogP contribution in [0.4, 0.5) is 0 Å². The Morgan fingerprint density at radius 3 is 2.87 bits per heavy atom. The summed E-state index contributed by atoms with van der Waals surface area (Å²) in [5.74, 6) is 0. The smallest absolute Gasteiger partial charge is 0.0959 e. The summed E-state index contributed by atoms with van der Waals surface area (Å²) in [6.07, 6.45) is 1.15. The summed E-state index contributed by atoms with van der Waals surface area (Å²) in [5, 5.41) is 14.3. The third-order valence-corrected chi connectivity index (χ3v) is 2.42. The molecular weight excluding hydrogens is 188 g/mol. The lowest BCUT2D eigenvalue weighted by atomic mass is 10.1. The van der Waals surface area contributed by atoms with Crippen LogP contribution in [-0.4, -0.2) is 14.9 Å². The van der Waals surface area contributed by atoms with Crippen LogP contribution in [0.1, 0.15) is 44.2 Å². The van der Waals surface area contributed by atoms with Crippen LogP contribution < -0.4 is 0 Å². The van der Waals surface area contributed by atoms with Crippen LogP contribution in [0.15, 0.2) is 18.2 Å². The summed E-state index contributed by atoms with van der Waals surface area (Å²) in [4.78, 5) is 0. The zero-order valence-corrected chi connectivity index (χ0v) is 9.82. The van der Waals surface area contributed by atoms with Crippen molar-refractivity contribution in [1.82, 2.24) is 9.78 Å². The third-order valence-electron chi connectivity index (χ3n) is 2.42. The molecule has 84 valence electrons. The fourth-order valence-electron chi connectivity index (χ4n) is 1.62. The van der Waals surface area contributed by atoms with Gasteiger partial charge in [0, 0.05) is 6.54 Å². The molecule has 0 aromatic carbocycles. The molecule has 3 heteroatoms. The molecule has 1 heterocycles. The van der Waals surface area contributed by atoms with Crippen LogP contribution >= 0.6 is 0 Å². The Morgan fingerprint density at radius 2 is 2.33 bits per heavy atom. The monoisotopic (exact) mass is 208 g/mol. The molecular formula is C12H20N2O. The Labute approximate surface area is 91.4 Å². The van der Waals surface area contributed by atoms with Crippen molar-refractivity contribution < 1.29 is 5.11 Å². The van der Waals surface area contributed by atoms with Crippen LogP contribution in [0, 0.1) is 6.92 Å². The molecule has 3 nitrogen and oxygen atoms in total. The number of aryl methyl sites for hydroxylation is 2. The van der Waals surface area contributed by atoms with Crippen LogP contribution in [-0.2, 0) is 6.54 Å². The zero-order valence-electron chi connectivity index (χ0n) is 9.82. The zero-order chi connectivity index (χ0) is 11.4. The van der Waals surface area contributed by atoms with Gasteiger partial charge in [-0.15, -0.1) is 6.58 Å². The number of aliphatic hydroxyl groups is 1. The Bertz CT molecular complexity index is 341. The molecule has 0 aliphatic heterocycles. The number of rotatable bonds is 5. The molecule has 0 spiro atoms. The molecule has 1 rings (SSSR count). The van der Waals surface area contributed by atoms with Crippen LogP contribution in [0.2, 0.25) is 0 Å². The van der Waals surface area contributed by atoms with Crippen molar-refractivity contribution in [3.63, 3.8) is 0 Å². The molecule has 0 bridgehead atoms. The highest BCUT2D eigenvalue weighted by Gasteiger charge is 2.13. The first-order valence-corrected chi connectivity index (χ1v) is 5.41. The normalized spacial score (nSPS) is 12.8. The van der Waals surface area contributed by atoms with E-state index in [1.165, 1.54) is 0 Å². The van der Waals surface area contributed by atoms with E-state index in [2.05, 4.69) is 11.7 Å². The molecule has 0 saturated heterocycles. The molecule has 0 radical (unpaired) electrons. The fraction of sp³-hybridized carbons (Fsp3) is 0.583. The quantitative estimate of drug-likeness (QED) is 0.755. The number of allylic oxidation sites excluding steroid dienone is 1. The van der Waals surface area contributed by atoms with Gasteiger partial charge in [-0.2, -0.15) is 5.10 Å². The molecule has 0 fully saturated rings. The van der Waals surface area contributed by atoms with Gasteiger partial charge in [0.2, 0.25) is 0 Å². The SMILES string of the molecule is C=C(C)CCC(O)c1cc(C)nn1CC. The van der Waals surface area contributed by atoms with E-state index in [-0.39, 0.29) is 0 Å². The van der Waals surface area contributed by atoms with Gasteiger partial charge in [0.25, 0.3) is 0 Å². The lowest BCUT2D eigenvalue weighted by Crippen LogP contribution is -2.08. The summed E-state index contributed by atoms with van der Waals surface area (Å²) in [6.45, 7) is 10.6. The minimum atomic E-state index is -0.428. The summed E-state index contributed by atoms with van der Waals surface area (Å²) in [5.41, 5.74) is 2.98. The maximum atomic E-state index is 9.99. The largest absolute Gasteiger partial charge is 0.387 e. The van der Waals surface area contributed by atoms with Crippen LogP contribution in [0.5, 0.6) is 0 Å². The first-order chi connectivity index (χ1) is 7.04. The van der Waals surface area contributed by atoms with Gasteiger partial charge in [-0.05, 0) is 39.7 Å². The molecule has 0 aliphatic rings. The van der Waals surface area contributed by atoms with Gasteiger partial charge in [-0.3, -0.25) is 4.68 Å². The van der Waals surface area contributed by atoms with E-state index in [0.29, 0.717) is 0 Å². The van der Waals surface area contributed by atoms with Gasteiger partial charge in [-0.25, -0.2) is 0 Å². The predicted molar refractivity (Wildman–Crippen MR) is 61.6 cm³/mol. The molecule has 15 heavy (non-hydrogen) atoms. The van der Waals surface area contributed by atoms with Crippen molar-refractivity contribution in [2.75, 3.05) is 0 Å². The van der Waals surface area contributed by atoms with E-state index >= 15 is 0 Å². The Morgan fingerprint density at radius 1 is 1.67 bits per heavy atom. The standard InChI is InChI=1S/C12H20N2O/c1-5-14-11(8-10(4)13-14)12(15)7-6-9(2)3/h8,12,15H,2,5-7H2,1,3-4H3. The van der Waals surface area contributed by atoms with Gasteiger partial charge in [-0.1, -0.05) is 5.57 Å². The topological polar surface area (TPSA) is 38.1 Å². The third kappa shape index (κ3) is 3.20. The summed E-state index contributed by atoms with van der Waals surface area (Å²) in [7, 11) is 0. The lowest BCUT2D eigenvalue weighted by Gasteiger charge is -2.11. The maximum Gasteiger partial charge on any atom is 0.0959 e. The Balaban J connectivity index is 2.71. The highest BCUT2D eigenvalue weighted by atomic mass is 16.3. The van der Waals surface area contributed by atoms with E-state index in [1.807, 2.05) is 31.5 Å². The van der Waals surface area contributed by atoms with Crippen LogP contribution in [0.3, 0.4) is 0 Å². The first-order valence-electron chi connectivity index (χ1n) is 5.41. The predicted octanol–water partition coefficient (Wildman–Crippen LogP) is 2.60. The second kappa shape index (κ2) is 5.12. The molecule has 0 saturated carbocycles. The van der Waals surface area contributed by atoms with E-state index in [4.69, 9.17) is 0 Å². The van der Waals surface area contributed by atoms with Gasteiger partial charge >= 0.3 is 0 Å². The van der Waals surface area contributed by atoms with Crippen molar-refractivity contribution in [1.29, 1.82) is 0 Å². The summed E-state index contributed by atoms with van der Waals surface area (Å²) >= 11 is 0. The number of nitrogens with zero attached hydrogens (tertiary/aromatic N) is 2. The van der Waals surface area contributed by atoms with E-state index in [1.54, 1.807) is 0 Å². The van der Waals surface area contributed by atoms with Gasteiger partial charge in [0.15, 0.2) is 0 Å². The number of hydrogen-bond acceptors (Lipinski definition) is 2. The van der Waals surface area contributed by atoms with Crippen molar-refractivity contribution in [2.45, 2.75) is 46.3 Å².